The van der Waals surface area contributed by atoms with Crippen LogP contribution in [0.1, 0.15) is 20.8 Å². The highest BCUT2D eigenvalue weighted by Gasteiger charge is 2.14. The summed E-state index contributed by atoms with van der Waals surface area (Å²) in [6.07, 6.45) is 0. The molecule has 0 aliphatic carbocycles. The van der Waals surface area contributed by atoms with Crippen molar-refractivity contribution in [2.24, 2.45) is 0 Å². The number of ether oxygens (including phenoxy) is 1. The van der Waals surface area contributed by atoms with Crippen molar-refractivity contribution < 1.29 is 9.53 Å². The third-order valence-corrected chi connectivity index (χ3v) is 4.66. The molecule has 1 aromatic carbocycles. The molecular weight excluding hydrogens is 394 g/mol. The van der Waals surface area contributed by atoms with Crippen LogP contribution in [0.15, 0.2) is 32.5 Å². The molecule has 0 radical (unpaired) electrons. The monoisotopic (exact) mass is 403 g/mol. The highest BCUT2D eigenvalue weighted by atomic mass is 79.9. The van der Waals surface area contributed by atoms with E-state index >= 15 is 0 Å². The van der Waals surface area contributed by atoms with Crippen LogP contribution in [0.3, 0.4) is 0 Å². The molecule has 2 aromatic rings. The molecule has 0 atom stereocenters. The SMILES string of the molecule is Cc1c(N)cc(Br)cc1C(=O)OCc1ccc(Br)s1. The van der Waals surface area contributed by atoms with E-state index in [1.807, 2.05) is 12.1 Å². The smallest absolute Gasteiger partial charge is 0.338 e. The molecular formula is C13H11Br2NO2S. The van der Waals surface area contributed by atoms with E-state index < -0.39 is 0 Å². The highest BCUT2D eigenvalue weighted by Crippen LogP contribution is 2.25. The molecule has 19 heavy (non-hydrogen) atoms. The van der Waals surface area contributed by atoms with E-state index in [0.717, 1.165) is 18.7 Å². The van der Waals surface area contributed by atoms with E-state index in [1.165, 1.54) is 0 Å². The second kappa shape index (κ2) is 6.07. The molecule has 100 valence electrons. The van der Waals surface area contributed by atoms with Gasteiger partial charge in [0.05, 0.1) is 9.35 Å². The third-order valence-electron chi connectivity index (χ3n) is 2.61. The van der Waals surface area contributed by atoms with Crippen molar-refractivity contribution in [3.8, 4) is 0 Å². The summed E-state index contributed by atoms with van der Waals surface area (Å²) < 4.78 is 7.07. The van der Waals surface area contributed by atoms with Crippen molar-refractivity contribution in [1.82, 2.24) is 0 Å². The Bertz CT molecular complexity index is 625. The summed E-state index contributed by atoms with van der Waals surface area (Å²) in [5.41, 5.74) is 7.62. The van der Waals surface area contributed by atoms with Gasteiger partial charge in [-0.2, -0.15) is 0 Å². The number of nitrogen functional groups attached to an aromatic ring is 1. The number of esters is 1. The Labute approximate surface area is 132 Å². The Morgan fingerprint density at radius 3 is 2.74 bits per heavy atom. The molecule has 0 aliphatic heterocycles. The molecule has 1 heterocycles. The molecule has 0 bridgehead atoms. The maximum absolute atomic E-state index is 12.0. The number of benzene rings is 1. The number of anilines is 1. The van der Waals surface area contributed by atoms with Gasteiger partial charge < -0.3 is 10.5 Å². The Hall–Kier alpha value is -0.850. The van der Waals surface area contributed by atoms with E-state index in [4.69, 9.17) is 10.5 Å². The highest BCUT2D eigenvalue weighted by molar-refractivity contribution is 9.11. The van der Waals surface area contributed by atoms with Crippen molar-refractivity contribution in [3.63, 3.8) is 0 Å². The van der Waals surface area contributed by atoms with Crippen LogP contribution in [0.5, 0.6) is 0 Å². The van der Waals surface area contributed by atoms with Crippen molar-refractivity contribution in [1.29, 1.82) is 0 Å². The first-order valence-corrected chi connectivity index (χ1v) is 7.84. The first-order valence-electron chi connectivity index (χ1n) is 5.44. The number of carbonyl (C=O) groups excluding carboxylic acids is 1. The molecule has 2 rings (SSSR count). The van der Waals surface area contributed by atoms with Gasteiger partial charge in [-0.05, 0) is 52.7 Å². The maximum atomic E-state index is 12.0. The van der Waals surface area contributed by atoms with Crippen LogP contribution in [-0.4, -0.2) is 5.97 Å². The summed E-state index contributed by atoms with van der Waals surface area (Å²) in [6, 6.07) is 7.33. The first kappa shape index (κ1) is 14.6. The summed E-state index contributed by atoms with van der Waals surface area (Å²) in [5, 5.41) is 0. The zero-order valence-corrected chi connectivity index (χ0v) is 14.1. The predicted molar refractivity (Wildman–Crippen MR) is 84.4 cm³/mol. The third kappa shape index (κ3) is 3.58. The maximum Gasteiger partial charge on any atom is 0.338 e. The normalized spacial score (nSPS) is 10.5. The minimum atomic E-state index is -0.366. The van der Waals surface area contributed by atoms with Gasteiger partial charge in [0.2, 0.25) is 0 Å². The van der Waals surface area contributed by atoms with Gasteiger partial charge in [-0.25, -0.2) is 4.79 Å². The Morgan fingerprint density at radius 1 is 1.37 bits per heavy atom. The Balaban J connectivity index is 2.12. The molecule has 0 spiro atoms. The second-order valence-electron chi connectivity index (χ2n) is 3.95. The average molecular weight is 405 g/mol. The lowest BCUT2D eigenvalue weighted by Crippen LogP contribution is -2.08. The van der Waals surface area contributed by atoms with Gasteiger partial charge in [-0.3, -0.25) is 0 Å². The molecule has 2 N–H and O–H groups in total. The van der Waals surface area contributed by atoms with Crippen LogP contribution in [0, 0.1) is 6.92 Å². The standard InChI is InChI=1S/C13H11Br2NO2S/c1-7-10(4-8(14)5-11(7)16)13(17)18-6-9-2-3-12(15)19-9/h2-5H,6,16H2,1H3. The summed E-state index contributed by atoms with van der Waals surface area (Å²) in [5.74, 6) is -0.366. The topological polar surface area (TPSA) is 52.3 Å². The van der Waals surface area contributed by atoms with Gasteiger partial charge >= 0.3 is 5.97 Å². The number of nitrogens with two attached hydrogens (primary N) is 1. The summed E-state index contributed by atoms with van der Waals surface area (Å²) in [6.45, 7) is 2.07. The van der Waals surface area contributed by atoms with E-state index in [0.29, 0.717) is 11.3 Å². The van der Waals surface area contributed by atoms with Crippen molar-refractivity contribution >= 4 is 54.9 Å². The minimum absolute atomic E-state index is 0.265. The lowest BCUT2D eigenvalue weighted by molar-refractivity contribution is 0.0476. The molecule has 3 nitrogen and oxygen atoms in total. The zero-order chi connectivity index (χ0) is 14.0. The number of halogens is 2. The van der Waals surface area contributed by atoms with Gasteiger partial charge in [-0.15, -0.1) is 11.3 Å². The molecule has 0 unspecified atom stereocenters. The first-order chi connectivity index (χ1) is 8.97. The zero-order valence-electron chi connectivity index (χ0n) is 10.1. The molecule has 0 aliphatic rings. The van der Waals surface area contributed by atoms with Crippen LogP contribution in [0.25, 0.3) is 0 Å². The number of thiophene rings is 1. The predicted octanol–water partition coefficient (Wildman–Crippen LogP) is 4.52. The summed E-state index contributed by atoms with van der Waals surface area (Å²) >= 11 is 8.23. The number of carbonyl (C=O) groups is 1. The molecule has 0 fully saturated rings. The van der Waals surface area contributed by atoms with E-state index in [1.54, 1.807) is 30.4 Å². The van der Waals surface area contributed by atoms with Crippen molar-refractivity contribution in [2.45, 2.75) is 13.5 Å². The largest absolute Gasteiger partial charge is 0.456 e. The molecule has 0 saturated carbocycles. The van der Waals surface area contributed by atoms with E-state index in [2.05, 4.69) is 31.9 Å². The van der Waals surface area contributed by atoms with Gasteiger partial charge in [0.25, 0.3) is 0 Å². The van der Waals surface area contributed by atoms with Crippen LogP contribution in [-0.2, 0) is 11.3 Å². The Kier molecular flexibility index (Phi) is 4.65. The average Bonchev–Trinajstić information content (AvgIpc) is 2.76. The minimum Gasteiger partial charge on any atom is -0.456 e. The van der Waals surface area contributed by atoms with Crippen LogP contribution in [0.2, 0.25) is 0 Å². The van der Waals surface area contributed by atoms with Crippen LogP contribution >= 0.6 is 43.2 Å². The second-order valence-corrected chi connectivity index (χ2v) is 7.41. The van der Waals surface area contributed by atoms with E-state index in [9.17, 15) is 4.79 Å². The number of hydrogen-bond donors (Lipinski definition) is 1. The number of rotatable bonds is 3. The lowest BCUT2D eigenvalue weighted by Gasteiger charge is -2.09. The lowest BCUT2D eigenvalue weighted by atomic mass is 10.1. The van der Waals surface area contributed by atoms with Crippen LogP contribution in [0.4, 0.5) is 5.69 Å². The van der Waals surface area contributed by atoms with Crippen molar-refractivity contribution in [3.05, 3.63) is 48.5 Å². The van der Waals surface area contributed by atoms with Gasteiger partial charge in [-0.1, -0.05) is 15.9 Å². The fourth-order valence-corrected chi connectivity index (χ4v) is 3.43. The quantitative estimate of drug-likeness (QED) is 0.604. The number of hydrogen-bond acceptors (Lipinski definition) is 4. The van der Waals surface area contributed by atoms with Crippen LogP contribution < -0.4 is 5.73 Å². The summed E-state index contributed by atoms with van der Waals surface area (Å²) in [7, 11) is 0. The van der Waals surface area contributed by atoms with Gasteiger partial charge in [0.15, 0.2) is 0 Å². The fraction of sp³-hybridized carbons (Fsp3) is 0.154. The molecule has 1 aromatic heterocycles. The van der Waals surface area contributed by atoms with E-state index in [-0.39, 0.29) is 12.6 Å². The summed E-state index contributed by atoms with van der Waals surface area (Å²) in [4.78, 5) is 13.0. The van der Waals surface area contributed by atoms with Gasteiger partial charge in [0, 0.05) is 15.0 Å². The molecule has 0 saturated heterocycles. The Morgan fingerprint density at radius 2 is 2.11 bits per heavy atom. The molecule has 0 amide bonds. The van der Waals surface area contributed by atoms with Gasteiger partial charge in [0.1, 0.15) is 6.61 Å². The fourth-order valence-electron chi connectivity index (χ4n) is 1.56. The molecule has 6 heteroatoms. The van der Waals surface area contributed by atoms with Crippen molar-refractivity contribution in [2.75, 3.05) is 5.73 Å².